The van der Waals surface area contributed by atoms with Crippen molar-refractivity contribution in [3.05, 3.63) is 47.7 Å². The summed E-state index contributed by atoms with van der Waals surface area (Å²) in [6.45, 7) is 10.0. The van der Waals surface area contributed by atoms with E-state index in [0.717, 1.165) is 13.1 Å². The predicted molar refractivity (Wildman–Crippen MR) is 86.9 cm³/mol. The minimum atomic E-state index is 1.02. The molecule has 0 saturated carbocycles. The molecule has 2 nitrogen and oxygen atoms in total. The van der Waals surface area contributed by atoms with E-state index in [2.05, 4.69) is 66.4 Å². The Balaban J connectivity index is 0.000000741. The average molecular weight is 261 g/mol. The molecule has 0 spiro atoms. The van der Waals surface area contributed by atoms with Gasteiger partial charge in [-0.15, -0.1) is 0 Å². The predicted octanol–water partition coefficient (Wildman–Crippen LogP) is 3.63. The Morgan fingerprint density at radius 1 is 1.21 bits per heavy atom. The molecule has 0 radical (unpaired) electrons. The van der Waals surface area contributed by atoms with Crippen molar-refractivity contribution in [2.45, 2.75) is 27.7 Å². The summed E-state index contributed by atoms with van der Waals surface area (Å²) in [5.74, 6) is 0. The molecule has 0 N–H and O–H groups in total. The van der Waals surface area contributed by atoms with Crippen molar-refractivity contribution in [1.82, 2.24) is 4.90 Å². The van der Waals surface area contributed by atoms with Gasteiger partial charge in [0.05, 0.1) is 0 Å². The fourth-order valence-corrected chi connectivity index (χ4v) is 1.74. The molecule has 2 aliphatic heterocycles. The lowest BCUT2D eigenvalue weighted by molar-refractivity contribution is -0.478. The Morgan fingerprint density at radius 3 is 2.37 bits per heavy atom. The van der Waals surface area contributed by atoms with E-state index in [0.29, 0.717) is 0 Å². The smallest absolute Gasteiger partial charge is 0.168 e. The monoisotopic (exact) mass is 261 g/mol. The largest absolute Gasteiger partial charge is 0.376 e. The van der Waals surface area contributed by atoms with E-state index >= 15 is 0 Å². The minimum Gasteiger partial charge on any atom is -0.376 e. The maximum Gasteiger partial charge on any atom is 0.168 e. The van der Waals surface area contributed by atoms with E-state index < -0.39 is 0 Å². The number of nitrogens with zero attached hydrogens (tertiary/aromatic N) is 2. The van der Waals surface area contributed by atoms with Gasteiger partial charge in [0.1, 0.15) is 7.05 Å². The first-order chi connectivity index (χ1) is 9.24. The molecule has 0 bridgehead atoms. The second-order valence-electron chi connectivity index (χ2n) is 4.14. The van der Waals surface area contributed by atoms with E-state index in [1.807, 2.05) is 27.7 Å². The van der Waals surface area contributed by atoms with Gasteiger partial charge in [-0.1, -0.05) is 45.9 Å². The maximum atomic E-state index is 2.18. The van der Waals surface area contributed by atoms with Crippen molar-refractivity contribution < 1.29 is 4.58 Å². The highest BCUT2D eigenvalue weighted by Gasteiger charge is 2.06. The molecule has 0 fully saturated rings. The number of likely N-dealkylation sites (N-methyl/N-ethyl adjacent to an activating group) is 2. The van der Waals surface area contributed by atoms with Crippen molar-refractivity contribution in [3.63, 3.8) is 0 Å². The average Bonchev–Trinajstić information content (AvgIpc) is 3.04. The van der Waals surface area contributed by atoms with Gasteiger partial charge in [-0.3, -0.25) is 0 Å². The van der Waals surface area contributed by atoms with Crippen LogP contribution in [0.4, 0.5) is 0 Å². The number of hydrogen-bond acceptors (Lipinski definition) is 1. The lowest BCUT2D eigenvalue weighted by atomic mass is 10.2. The molecule has 0 saturated heterocycles. The summed E-state index contributed by atoms with van der Waals surface area (Å²) in [6.07, 6.45) is 15.0. The Hall–Kier alpha value is -1.57. The summed E-state index contributed by atoms with van der Waals surface area (Å²) in [4.78, 5) is 2.18. The summed E-state index contributed by atoms with van der Waals surface area (Å²) in [5, 5.41) is 0. The molecule has 0 unspecified atom stereocenters. The molecule has 2 heterocycles. The van der Waals surface area contributed by atoms with Crippen molar-refractivity contribution >= 4 is 6.21 Å². The van der Waals surface area contributed by atoms with E-state index in [-0.39, 0.29) is 0 Å². The third-order valence-electron chi connectivity index (χ3n) is 2.57. The second-order valence-corrected chi connectivity index (χ2v) is 4.14. The van der Waals surface area contributed by atoms with E-state index in [1.54, 1.807) is 0 Å². The fourth-order valence-electron chi connectivity index (χ4n) is 1.74. The van der Waals surface area contributed by atoms with Gasteiger partial charge in [0, 0.05) is 25.2 Å². The van der Waals surface area contributed by atoms with Crippen molar-refractivity contribution in [3.8, 4) is 0 Å². The SMILES string of the molecule is CC.CC.CN1C=CC(=CC=CC2=CC=[N+](C)C2)C1. The summed E-state index contributed by atoms with van der Waals surface area (Å²) >= 11 is 0. The normalized spacial score (nSPS) is 18.8. The van der Waals surface area contributed by atoms with Crippen molar-refractivity contribution in [2.24, 2.45) is 0 Å². The van der Waals surface area contributed by atoms with Crippen molar-refractivity contribution in [1.29, 1.82) is 0 Å². The molecule has 0 amide bonds. The van der Waals surface area contributed by atoms with Crippen LogP contribution in [-0.2, 0) is 0 Å². The van der Waals surface area contributed by atoms with Gasteiger partial charge < -0.3 is 4.90 Å². The minimum absolute atomic E-state index is 1.02. The first-order valence-electron chi connectivity index (χ1n) is 7.24. The van der Waals surface area contributed by atoms with Crippen LogP contribution in [0.3, 0.4) is 0 Å². The highest BCUT2D eigenvalue weighted by atomic mass is 15.1. The van der Waals surface area contributed by atoms with Crippen LogP contribution in [0.25, 0.3) is 0 Å². The first kappa shape index (κ1) is 17.4. The summed E-state index contributed by atoms with van der Waals surface area (Å²) in [7, 11) is 4.18. The maximum absolute atomic E-state index is 2.18. The molecule has 0 atom stereocenters. The quantitative estimate of drug-likeness (QED) is 0.688. The van der Waals surface area contributed by atoms with Crippen LogP contribution in [0, 0.1) is 0 Å². The highest BCUT2D eigenvalue weighted by Crippen LogP contribution is 2.09. The Morgan fingerprint density at radius 2 is 1.89 bits per heavy atom. The van der Waals surface area contributed by atoms with Gasteiger partial charge >= 0.3 is 0 Å². The standard InChI is InChI=1S/C13H17N2.2C2H6/c1-14-8-6-12(10-14)4-3-5-13-7-9-15(2)11-13;2*1-2/h3-9H,10-11H2,1-2H3;2*1-2H3/q+1;;. The van der Waals surface area contributed by atoms with Gasteiger partial charge in [-0.05, 0) is 17.8 Å². The molecule has 0 aromatic rings. The third-order valence-corrected chi connectivity index (χ3v) is 2.57. The van der Waals surface area contributed by atoms with E-state index in [1.165, 1.54) is 11.1 Å². The fraction of sp³-hybridized carbons (Fsp3) is 0.471. The molecule has 2 rings (SSSR count). The number of hydrogen-bond donors (Lipinski definition) is 0. The molecular weight excluding hydrogens is 232 g/mol. The van der Waals surface area contributed by atoms with Gasteiger partial charge in [-0.25, -0.2) is 4.58 Å². The van der Waals surface area contributed by atoms with Gasteiger partial charge in [0.25, 0.3) is 0 Å². The van der Waals surface area contributed by atoms with Crippen LogP contribution < -0.4 is 0 Å². The topological polar surface area (TPSA) is 6.25 Å². The molecule has 2 aliphatic rings. The van der Waals surface area contributed by atoms with Crippen LogP contribution in [0.5, 0.6) is 0 Å². The number of rotatable bonds is 2. The van der Waals surface area contributed by atoms with Gasteiger partial charge in [0.15, 0.2) is 12.8 Å². The Bertz CT molecular complexity index is 395. The zero-order chi connectivity index (χ0) is 14.7. The second kappa shape index (κ2) is 10.4. The van der Waals surface area contributed by atoms with Crippen LogP contribution in [-0.4, -0.2) is 42.9 Å². The molecule has 0 aliphatic carbocycles. The molecular formula is C17H29N2+. The number of allylic oxidation sites excluding steroid dienone is 3. The summed E-state index contributed by atoms with van der Waals surface area (Å²) in [6, 6.07) is 0. The van der Waals surface area contributed by atoms with Crippen LogP contribution in [0.2, 0.25) is 0 Å². The molecule has 2 heteroatoms. The zero-order valence-corrected chi connectivity index (χ0v) is 13.4. The van der Waals surface area contributed by atoms with Gasteiger partial charge in [-0.2, -0.15) is 0 Å². The summed E-state index contributed by atoms with van der Waals surface area (Å²) < 4.78 is 2.18. The molecule has 106 valence electrons. The van der Waals surface area contributed by atoms with Crippen LogP contribution >= 0.6 is 0 Å². The van der Waals surface area contributed by atoms with Crippen LogP contribution in [0.15, 0.2) is 47.7 Å². The first-order valence-corrected chi connectivity index (χ1v) is 7.24. The third kappa shape index (κ3) is 6.80. The van der Waals surface area contributed by atoms with E-state index in [4.69, 9.17) is 0 Å². The summed E-state index contributed by atoms with van der Waals surface area (Å²) in [5.41, 5.74) is 2.73. The molecule has 19 heavy (non-hydrogen) atoms. The van der Waals surface area contributed by atoms with Gasteiger partial charge in [0.2, 0.25) is 0 Å². The molecule has 0 aromatic heterocycles. The van der Waals surface area contributed by atoms with E-state index in [9.17, 15) is 0 Å². The lowest BCUT2D eigenvalue weighted by Gasteiger charge is -2.04. The van der Waals surface area contributed by atoms with Crippen molar-refractivity contribution in [2.75, 3.05) is 27.2 Å². The van der Waals surface area contributed by atoms with Crippen LogP contribution in [0.1, 0.15) is 27.7 Å². The zero-order valence-electron chi connectivity index (χ0n) is 13.4. The molecule has 0 aromatic carbocycles. The Kier molecular flexibility index (Phi) is 9.51. The lowest BCUT2D eigenvalue weighted by Crippen LogP contribution is -2.06. The Labute approximate surface area is 119 Å². The highest BCUT2D eigenvalue weighted by molar-refractivity contribution is 5.70.